The maximum Gasteiger partial charge on any atom is 0.239 e. The van der Waals surface area contributed by atoms with Crippen LogP contribution in [0.2, 0.25) is 0 Å². The second-order valence-electron chi connectivity index (χ2n) is 4.55. The van der Waals surface area contributed by atoms with Crippen LogP contribution in [0.1, 0.15) is 32.6 Å². The number of hydrogen-bond acceptors (Lipinski definition) is 4. The molecule has 1 heterocycles. The van der Waals surface area contributed by atoms with E-state index in [1.807, 2.05) is 32.2 Å². The highest BCUT2D eigenvalue weighted by atomic mass is 32.1. The van der Waals surface area contributed by atoms with Crippen LogP contribution >= 0.6 is 11.3 Å². The normalized spacial score (nSPS) is 12.0. The summed E-state index contributed by atoms with van der Waals surface area (Å²) in [6, 6.07) is 1.64. The van der Waals surface area contributed by atoms with Gasteiger partial charge in [-0.05, 0) is 32.2 Å². The zero-order valence-corrected chi connectivity index (χ0v) is 13.3. The minimum Gasteiger partial charge on any atom is -0.342 e. The Kier molecular flexibility index (Phi) is 6.67. The molecule has 2 amide bonds. The monoisotopic (exact) mass is 297 g/mol. The predicted octanol–water partition coefficient (Wildman–Crippen LogP) is 2.05. The lowest BCUT2D eigenvalue weighted by Crippen LogP contribution is -2.44. The van der Waals surface area contributed by atoms with Crippen molar-refractivity contribution in [1.82, 2.24) is 10.2 Å². The average Bonchev–Trinajstić information content (AvgIpc) is 2.83. The maximum atomic E-state index is 12.1. The molecular formula is C14H23N3O2S. The molecule has 0 saturated carbocycles. The van der Waals surface area contributed by atoms with Crippen molar-refractivity contribution in [3.8, 4) is 0 Å². The summed E-state index contributed by atoms with van der Waals surface area (Å²) in [5.74, 6) is 0.0181. The van der Waals surface area contributed by atoms with Crippen LogP contribution in [0.3, 0.4) is 0 Å². The molecular weight excluding hydrogens is 274 g/mol. The number of nitrogens with one attached hydrogen (secondary N) is 2. The Morgan fingerprint density at radius 3 is 2.55 bits per heavy atom. The third-order valence-corrected chi connectivity index (χ3v) is 3.99. The van der Waals surface area contributed by atoms with Crippen molar-refractivity contribution >= 4 is 28.8 Å². The molecule has 1 aromatic heterocycles. The summed E-state index contributed by atoms with van der Waals surface area (Å²) in [5, 5.41) is 7.93. The highest BCUT2D eigenvalue weighted by Crippen LogP contribution is 2.22. The number of likely N-dealkylation sites (N-methyl/N-ethyl adjacent to an activating group) is 1. The summed E-state index contributed by atoms with van der Waals surface area (Å²) in [6.45, 7) is 9.31. The van der Waals surface area contributed by atoms with E-state index in [2.05, 4.69) is 10.6 Å². The van der Waals surface area contributed by atoms with Crippen molar-refractivity contribution in [2.45, 2.75) is 40.3 Å². The number of nitrogens with zero attached hydrogens (tertiary/aromatic N) is 1. The van der Waals surface area contributed by atoms with E-state index in [1.165, 1.54) is 6.92 Å². The predicted molar refractivity (Wildman–Crippen MR) is 82.9 cm³/mol. The van der Waals surface area contributed by atoms with Gasteiger partial charge in [-0.25, -0.2) is 0 Å². The molecule has 20 heavy (non-hydrogen) atoms. The molecule has 6 heteroatoms. The van der Waals surface area contributed by atoms with E-state index in [-0.39, 0.29) is 17.9 Å². The Balaban J connectivity index is 2.56. The summed E-state index contributed by atoms with van der Waals surface area (Å²) >= 11 is 1.56. The fourth-order valence-electron chi connectivity index (χ4n) is 1.92. The van der Waals surface area contributed by atoms with E-state index in [9.17, 15) is 9.59 Å². The number of rotatable bonds is 7. The minimum atomic E-state index is -0.234. The fourth-order valence-corrected chi connectivity index (χ4v) is 2.70. The highest BCUT2D eigenvalue weighted by Gasteiger charge is 2.18. The van der Waals surface area contributed by atoms with Gasteiger partial charge in [0.25, 0.3) is 0 Å². The SMILES string of the molecule is CCN(CC)C(=O)C(C)NCc1sccc1NC(C)=O. The Morgan fingerprint density at radius 1 is 1.35 bits per heavy atom. The number of hydrogen-bond donors (Lipinski definition) is 2. The molecule has 0 aliphatic heterocycles. The van der Waals surface area contributed by atoms with Gasteiger partial charge < -0.3 is 15.5 Å². The summed E-state index contributed by atoms with van der Waals surface area (Å²) in [4.78, 5) is 26.0. The van der Waals surface area contributed by atoms with Crippen LogP contribution in [0.4, 0.5) is 5.69 Å². The van der Waals surface area contributed by atoms with E-state index < -0.39 is 0 Å². The number of thiophene rings is 1. The van der Waals surface area contributed by atoms with Crippen molar-refractivity contribution in [2.75, 3.05) is 18.4 Å². The second kappa shape index (κ2) is 8.01. The van der Waals surface area contributed by atoms with Gasteiger partial charge in [0.15, 0.2) is 0 Å². The molecule has 112 valence electrons. The summed E-state index contributed by atoms with van der Waals surface area (Å²) in [7, 11) is 0. The molecule has 0 radical (unpaired) electrons. The number of carbonyl (C=O) groups excluding carboxylic acids is 2. The fraction of sp³-hybridized carbons (Fsp3) is 0.571. The number of amides is 2. The summed E-state index contributed by atoms with van der Waals surface area (Å²) in [5.41, 5.74) is 0.817. The van der Waals surface area contributed by atoms with E-state index in [4.69, 9.17) is 0 Å². The standard InChI is InChI=1S/C14H23N3O2S/c1-5-17(6-2)14(19)10(3)15-9-13-12(7-8-20-13)16-11(4)18/h7-8,10,15H,5-6,9H2,1-4H3,(H,16,18). The van der Waals surface area contributed by atoms with Crippen molar-refractivity contribution in [2.24, 2.45) is 0 Å². The Morgan fingerprint density at radius 2 is 2.00 bits per heavy atom. The van der Waals surface area contributed by atoms with Crippen LogP contribution in [0.25, 0.3) is 0 Å². The summed E-state index contributed by atoms with van der Waals surface area (Å²) < 4.78 is 0. The van der Waals surface area contributed by atoms with Crippen molar-refractivity contribution in [3.05, 3.63) is 16.3 Å². The first-order valence-electron chi connectivity index (χ1n) is 6.85. The topological polar surface area (TPSA) is 61.4 Å². The van der Waals surface area contributed by atoms with Crippen LogP contribution in [0, 0.1) is 0 Å². The first kappa shape index (κ1) is 16.7. The molecule has 0 fully saturated rings. The molecule has 0 aliphatic carbocycles. The Labute approximate surface area is 124 Å². The van der Waals surface area contributed by atoms with Gasteiger partial charge in [-0.2, -0.15) is 0 Å². The zero-order valence-electron chi connectivity index (χ0n) is 12.5. The van der Waals surface area contributed by atoms with Gasteiger partial charge in [-0.1, -0.05) is 0 Å². The third-order valence-electron chi connectivity index (χ3n) is 3.07. The van der Waals surface area contributed by atoms with Gasteiger partial charge in [0, 0.05) is 31.4 Å². The van der Waals surface area contributed by atoms with E-state index >= 15 is 0 Å². The minimum absolute atomic E-state index is 0.0862. The molecule has 1 atom stereocenters. The lowest BCUT2D eigenvalue weighted by Gasteiger charge is -2.23. The summed E-state index contributed by atoms with van der Waals surface area (Å²) in [6.07, 6.45) is 0. The van der Waals surface area contributed by atoms with Gasteiger partial charge in [-0.15, -0.1) is 11.3 Å². The molecule has 0 bridgehead atoms. The smallest absolute Gasteiger partial charge is 0.239 e. The van der Waals surface area contributed by atoms with Crippen molar-refractivity contribution < 1.29 is 9.59 Å². The van der Waals surface area contributed by atoms with Gasteiger partial charge in [-0.3, -0.25) is 9.59 Å². The van der Waals surface area contributed by atoms with Crippen molar-refractivity contribution in [1.29, 1.82) is 0 Å². The van der Waals surface area contributed by atoms with Crippen LogP contribution in [0.15, 0.2) is 11.4 Å². The molecule has 0 aliphatic rings. The van der Waals surface area contributed by atoms with Crippen molar-refractivity contribution in [3.63, 3.8) is 0 Å². The number of carbonyl (C=O) groups is 2. The zero-order chi connectivity index (χ0) is 15.1. The van der Waals surface area contributed by atoms with Gasteiger partial charge >= 0.3 is 0 Å². The lowest BCUT2D eigenvalue weighted by atomic mass is 10.2. The van der Waals surface area contributed by atoms with Crippen LogP contribution in [0.5, 0.6) is 0 Å². The molecule has 5 nitrogen and oxygen atoms in total. The van der Waals surface area contributed by atoms with Crippen LogP contribution in [-0.4, -0.2) is 35.8 Å². The largest absolute Gasteiger partial charge is 0.342 e. The molecule has 1 rings (SSSR count). The molecule has 1 aromatic rings. The van der Waals surface area contributed by atoms with Gasteiger partial charge in [0.05, 0.1) is 11.7 Å². The Bertz CT molecular complexity index is 455. The third kappa shape index (κ3) is 4.61. The van der Waals surface area contributed by atoms with Crippen LogP contribution in [-0.2, 0) is 16.1 Å². The molecule has 0 spiro atoms. The quantitative estimate of drug-likeness (QED) is 0.810. The molecule has 0 saturated heterocycles. The molecule has 1 unspecified atom stereocenters. The first-order chi connectivity index (χ1) is 9.49. The molecule has 0 aromatic carbocycles. The lowest BCUT2D eigenvalue weighted by molar-refractivity contribution is -0.132. The van der Waals surface area contributed by atoms with E-state index in [1.54, 1.807) is 16.2 Å². The number of anilines is 1. The molecule has 2 N–H and O–H groups in total. The average molecular weight is 297 g/mol. The van der Waals surface area contributed by atoms with Gasteiger partial charge in [0.1, 0.15) is 0 Å². The highest BCUT2D eigenvalue weighted by molar-refractivity contribution is 7.10. The maximum absolute atomic E-state index is 12.1. The van der Waals surface area contributed by atoms with E-state index in [0.717, 1.165) is 23.7 Å². The Hall–Kier alpha value is -1.40. The van der Waals surface area contributed by atoms with Gasteiger partial charge in [0.2, 0.25) is 11.8 Å². The second-order valence-corrected chi connectivity index (χ2v) is 5.55. The first-order valence-corrected chi connectivity index (χ1v) is 7.73. The van der Waals surface area contributed by atoms with E-state index in [0.29, 0.717) is 6.54 Å². The van der Waals surface area contributed by atoms with Crippen LogP contribution < -0.4 is 10.6 Å².